The Morgan fingerprint density at radius 2 is 0.864 bits per heavy atom. The van der Waals surface area contributed by atoms with Gasteiger partial charge in [-0.1, -0.05) is 56.6 Å². The Morgan fingerprint density at radius 3 is 1.39 bits per heavy atom. The van der Waals surface area contributed by atoms with E-state index in [1.165, 1.54) is 26.8 Å². The number of hydrogen-bond donors (Lipinski definition) is 0. The lowest BCUT2D eigenvalue weighted by molar-refractivity contribution is -0.132. The Labute approximate surface area is 256 Å². The van der Waals surface area contributed by atoms with Gasteiger partial charge in [0.15, 0.2) is 11.5 Å². The van der Waals surface area contributed by atoms with Gasteiger partial charge in [0, 0.05) is 44.2 Å². The van der Waals surface area contributed by atoms with Gasteiger partial charge in [-0.05, 0) is 70.9 Å². The molecule has 0 N–H and O–H groups in total. The first-order chi connectivity index (χ1) is 20.6. The molecular weight excluding hydrogens is 560 g/mol. The zero-order valence-corrected chi connectivity index (χ0v) is 25.7. The number of para-hydroxylation sites is 1. The summed E-state index contributed by atoms with van der Waals surface area (Å²) in [5.74, 6) is -2.19. The maximum absolute atomic E-state index is 12.8. The fourth-order valence-electron chi connectivity index (χ4n) is 3.93. The molecule has 3 aromatic carbocycles. The van der Waals surface area contributed by atoms with E-state index in [4.69, 9.17) is 18.9 Å². The summed E-state index contributed by atoms with van der Waals surface area (Å²) < 4.78 is 22.5. The molecular formula is C36H34O8. The Hall–Kier alpha value is -5.50. The van der Waals surface area contributed by atoms with Crippen LogP contribution in [-0.2, 0) is 19.2 Å². The van der Waals surface area contributed by atoms with Crippen LogP contribution in [-0.4, -0.2) is 23.9 Å². The van der Waals surface area contributed by atoms with Crippen LogP contribution in [0.2, 0.25) is 0 Å². The molecule has 8 nitrogen and oxygen atoms in total. The number of ether oxygens (including phenoxy) is 4. The van der Waals surface area contributed by atoms with E-state index < -0.39 is 23.9 Å². The number of esters is 4. The molecule has 44 heavy (non-hydrogen) atoms. The monoisotopic (exact) mass is 594 g/mol. The second-order valence-electron chi connectivity index (χ2n) is 10.4. The average molecular weight is 595 g/mol. The van der Waals surface area contributed by atoms with E-state index in [0.717, 1.165) is 0 Å². The van der Waals surface area contributed by atoms with E-state index in [2.05, 4.69) is 26.3 Å². The molecule has 0 fully saturated rings. The van der Waals surface area contributed by atoms with Gasteiger partial charge in [0.1, 0.15) is 11.5 Å². The first-order valence-corrected chi connectivity index (χ1v) is 13.5. The summed E-state index contributed by atoms with van der Waals surface area (Å²) in [6.07, 6.45) is 0. The number of benzene rings is 3. The molecule has 0 aliphatic rings. The second kappa shape index (κ2) is 13.6. The number of allylic oxidation sites excluding steroid dienone is 2. The summed E-state index contributed by atoms with van der Waals surface area (Å²) in [6.45, 7) is 24.2. The summed E-state index contributed by atoms with van der Waals surface area (Å²) in [6, 6.07) is 13.4. The molecule has 0 aliphatic heterocycles. The van der Waals surface area contributed by atoms with Gasteiger partial charge < -0.3 is 18.9 Å². The Kier molecular flexibility index (Phi) is 10.2. The maximum atomic E-state index is 12.8. The largest absolute Gasteiger partial charge is 0.423 e. The van der Waals surface area contributed by atoms with Crippen molar-refractivity contribution in [2.45, 2.75) is 41.5 Å². The van der Waals surface area contributed by atoms with Crippen LogP contribution in [0.1, 0.15) is 52.7 Å². The molecule has 0 atom stereocenters. The van der Waals surface area contributed by atoms with Crippen molar-refractivity contribution in [1.29, 1.82) is 0 Å². The molecule has 0 saturated carbocycles. The fourth-order valence-corrected chi connectivity index (χ4v) is 3.93. The smallest absolute Gasteiger partial charge is 0.338 e. The van der Waals surface area contributed by atoms with Crippen LogP contribution in [0.4, 0.5) is 0 Å². The number of hydrogen-bond acceptors (Lipinski definition) is 8. The van der Waals surface area contributed by atoms with Gasteiger partial charge in [-0.15, -0.1) is 0 Å². The van der Waals surface area contributed by atoms with Crippen LogP contribution in [0.3, 0.4) is 0 Å². The van der Waals surface area contributed by atoms with Crippen molar-refractivity contribution in [2.24, 2.45) is 0 Å². The lowest BCUT2D eigenvalue weighted by Crippen LogP contribution is -2.14. The van der Waals surface area contributed by atoms with Crippen LogP contribution >= 0.6 is 0 Å². The topological polar surface area (TPSA) is 105 Å². The summed E-state index contributed by atoms with van der Waals surface area (Å²) in [5.41, 5.74) is 2.90. The van der Waals surface area contributed by atoms with E-state index in [1.54, 1.807) is 63.2 Å². The van der Waals surface area contributed by atoms with Crippen molar-refractivity contribution < 1.29 is 38.1 Å². The van der Waals surface area contributed by atoms with Gasteiger partial charge in [0.25, 0.3) is 0 Å². The van der Waals surface area contributed by atoms with Crippen molar-refractivity contribution >= 4 is 45.8 Å². The quantitative estimate of drug-likeness (QED) is 0.102. The van der Waals surface area contributed by atoms with E-state index in [0.29, 0.717) is 33.0 Å². The second-order valence-corrected chi connectivity index (χ2v) is 10.4. The zero-order chi connectivity index (χ0) is 32.9. The molecule has 3 rings (SSSR count). The van der Waals surface area contributed by atoms with Crippen molar-refractivity contribution in [3.05, 3.63) is 108 Å². The normalized spacial score (nSPS) is 11.1. The first-order valence-electron chi connectivity index (χ1n) is 13.5. The van der Waals surface area contributed by atoms with Gasteiger partial charge in [0.05, 0.1) is 0 Å². The highest BCUT2D eigenvalue weighted by atomic mass is 16.6. The third-order valence-corrected chi connectivity index (χ3v) is 6.51. The van der Waals surface area contributed by atoms with E-state index in [1.807, 2.05) is 0 Å². The Balaban J connectivity index is 2.32. The molecule has 0 saturated heterocycles. The highest BCUT2D eigenvalue weighted by molar-refractivity contribution is 6.04. The maximum Gasteiger partial charge on any atom is 0.338 e. The molecule has 0 heterocycles. The van der Waals surface area contributed by atoms with Gasteiger partial charge in [-0.25, -0.2) is 19.2 Å². The summed E-state index contributed by atoms with van der Waals surface area (Å²) >= 11 is 0. The van der Waals surface area contributed by atoms with Crippen LogP contribution in [0, 0.1) is 0 Å². The Morgan fingerprint density at radius 1 is 0.455 bits per heavy atom. The summed E-state index contributed by atoms with van der Waals surface area (Å²) in [4.78, 5) is 50.1. The van der Waals surface area contributed by atoms with E-state index >= 15 is 0 Å². The fraction of sp³-hybridized carbons (Fsp3) is 0.167. The third-order valence-electron chi connectivity index (χ3n) is 6.51. The summed E-state index contributed by atoms with van der Waals surface area (Å²) in [5, 5.41) is 1.01. The number of carbonyl (C=O) groups excluding carboxylic acids is 4. The highest BCUT2D eigenvalue weighted by Gasteiger charge is 2.23. The average Bonchev–Trinajstić information content (AvgIpc) is 2.97. The molecule has 0 aromatic heterocycles. The van der Waals surface area contributed by atoms with Crippen LogP contribution in [0.25, 0.3) is 21.9 Å². The van der Waals surface area contributed by atoms with Crippen molar-refractivity contribution in [3.8, 4) is 23.0 Å². The summed E-state index contributed by atoms with van der Waals surface area (Å²) in [7, 11) is 0. The minimum Gasteiger partial charge on any atom is -0.423 e. The number of fused-ring (bicyclic) bond motifs is 1. The molecule has 0 amide bonds. The van der Waals surface area contributed by atoms with Crippen molar-refractivity contribution in [3.63, 3.8) is 0 Å². The predicted molar refractivity (Wildman–Crippen MR) is 170 cm³/mol. The van der Waals surface area contributed by atoms with Crippen molar-refractivity contribution in [2.75, 3.05) is 0 Å². The van der Waals surface area contributed by atoms with Gasteiger partial charge in [-0.2, -0.15) is 0 Å². The highest BCUT2D eigenvalue weighted by Crippen LogP contribution is 2.43. The molecule has 0 bridgehead atoms. The lowest BCUT2D eigenvalue weighted by Gasteiger charge is -2.19. The third kappa shape index (κ3) is 7.28. The van der Waals surface area contributed by atoms with Gasteiger partial charge in [0.2, 0.25) is 0 Å². The van der Waals surface area contributed by atoms with Crippen LogP contribution in [0.5, 0.6) is 23.0 Å². The molecule has 0 spiro atoms. The molecule has 0 radical (unpaired) electrons. The molecule has 226 valence electrons. The predicted octanol–water partition coefficient (Wildman–Crippen LogP) is 7.72. The zero-order valence-electron chi connectivity index (χ0n) is 25.7. The first kappa shape index (κ1) is 33.0. The number of carbonyl (C=O) groups is 4. The molecule has 0 aliphatic carbocycles. The van der Waals surface area contributed by atoms with Gasteiger partial charge >= 0.3 is 23.9 Å². The van der Waals surface area contributed by atoms with E-state index in [9.17, 15) is 19.2 Å². The number of rotatable bonds is 10. The molecule has 8 heteroatoms. The minimum absolute atomic E-state index is 0.00205. The van der Waals surface area contributed by atoms with Gasteiger partial charge in [-0.3, -0.25) is 0 Å². The minimum atomic E-state index is -0.714. The lowest BCUT2D eigenvalue weighted by atomic mass is 9.93. The van der Waals surface area contributed by atoms with E-state index in [-0.39, 0.29) is 45.3 Å². The van der Waals surface area contributed by atoms with Crippen molar-refractivity contribution in [1.82, 2.24) is 0 Å². The molecule has 3 aromatic rings. The molecule has 0 unspecified atom stereocenters. The SMILES string of the molecule is C=C(C)C(=O)Oc1cccc(/C(C)=C(\C)c2ccc3c(OC(=O)C(=C)C)cccc3c2OC(=O)C(=C)C)c1OC(=O)C(=C)C. The standard InChI is InChI=1S/C36H34O8/c1-19(2)33(37)41-29-15-12-14-28-27(29)18-17-26(31(28)43-35(39)21(5)6)24(10)23(9)25-13-11-16-30(42-34(38)20(3)4)32(25)44-36(40)22(7)8/h11-18H,1,3,5,7H2,2,4,6,8-10H3/b24-23+. The Bertz CT molecular complexity index is 1800. The van der Waals surface area contributed by atoms with Crippen LogP contribution in [0.15, 0.2) is 97.1 Å². The van der Waals surface area contributed by atoms with Crippen LogP contribution < -0.4 is 18.9 Å².